The second-order valence-electron chi connectivity index (χ2n) is 6.88. The molecule has 1 aliphatic heterocycles. The smallest absolute Gasteiger partial charge is 0.251 e. The number of amides is 1. The third-order valence-electron chi connectivity index (χ3n) is 4.99. The molecule has 0 bridgehead atoms. The molecule has 0 saturated carbocycles. The Kier molecular flexibility index (Phi) is 5.99. The van der Waals surface area contributed by atoms with Crippen LogP contribution in [0.3, 0.4) is 0 Å². The zero-order chi connectivity index (χ0) is 18.5. The molecule has 3 rings (SSSR count). The average molecular weight is 353 g/mol. The number of hydrogen-bond donors (Lipinski definition) is 1. The van der Waals surface area contributed by atoms with Gasteiger partial charge >= 0.3 is 0 Å². The van der Waals surface area contributed by atoms with Gasteiger partial charge < -0.3 is 10.1 Å². The lowest BCUT2D eigenvalue weighted by atomic mass is 10.00. The molecule has 0 unspecified atom stereocenters. The molecule has 0 radical (unpaired) electrons. The number of hydrogen-bond acceptors (Lipinski definition) is 4. The summed E-state index contributed by atoms with van der Waals surface area (Å²) in [4.78, 5) is 21.5. The summed E-state index contributed by atoms with van der Waals surface area (Å²) >= 11 is 0. The minimum atomic E-state index is -0.0196. The first kappa shape index (κ1) is 18.5. The molecule has 5 heteroatoms. The fourth-order valence-electron chi connectivity index (χ4n) is 3.47. The number of ether oxygens (including phenoxy) is 1. The van der Waals surface area contributed by atoms with Gasteiger partial charge in [-0.1, -0.05) is 19.1 Å². The fourth-order valence-corrected chi connectivity index (χ4v) is 3.47. The van der Waals surface area contributed by atoms with Gasteiger partial charge in [-0.15, -0.1) is 0 Å². The largest absolute Gasteiger partial charge is 0.381 e. The lowest BCUT2D eigenvalue weighted by molar-refractivity contribution is 0.0642. The molecule has 1 aromatic carbocycles. The van der Waals surface area contributed by atoms with Gasteiger partial charge in [-0.05, 0) is 56.7 Å². The summed E-state index contributed by atoms with van der Waals surface area (Å²) in [6, 6.07) is 7.70. The highest BCUT2D eigenvalue weighted by Crippen LogP contribution is 2.24. The number of nitrogens with one attached hydrogen (secondary N) is 1. The summed E-state index contributed by atoms with van der Waals surface area (Å²) in [6.07, 6.45) is 2.92. The topological polar surface area (TPSA) is 64.1 Å². The lowest BCUT2D eigenvalue weighted by Gasteiger charge is -2.22. The molecule has 1 saturated heterocycles. The van der Waals surface area contributed by atoms with Crippen LogP contribution in [0.4, 0.5) is 0 Å². The van der Waals surface area contributed by atoms with E-state index in [-0.39, 0.29) is 5.91 Å². The number of rotatable bonds is 5. The second kappa shape index (κ2) is 8.41. The molecule has 0 aliphatic carbocycles. The van der Waals surface area contributed by atoms with E-state index in [9.17, 15) is 4.79 Å². The van der Waals surface area contributed by atoms with Crippen molar-refractivity contribution in [1.82, 2.24) is 15.3 Å². The van der Waals surface area contributed by atoms with Crippen LogP contribution in [0, 0.1) is 19.8 Å². The Bertz CT molecular complexity index is 766. The van der Waals surface area contributed by atoms with Crippen molar-refractivity contribution in [2.75, 3.05) is 19.8 Å². The molecule has 2 heterocycles. The molecule has 1 aliphatic rings. The third-order valence-corrected chi connectivity index (χ3v) is 4.99. The number of carbonyl (C=O) groups excluding carboxylic acids is 1. The molecule has 1 fully saturated rings. The van der Waals surface area contributed by atoms with Gasteiger partial charge in [0.15, 0.2) is 0 Å². The van der Waals surface area contributed by atoms with E-state index in [2.05, 4.69) is 22.2 Å². The van der Waals surface area contributed by atoms with E-state index in [1.54, 1.807) is 0 Å². The van der Waals surface area contributed by atoms with Crippen LogP contribution >= 0.6 is 0 Å². The predicted molar refractivity (Wildman–Crippen MR) is 102 cm³/mol. The van der Waals surface area contributed by atoms with Gasteiger partial charge in [0.05, 0.1) is 5.69 Å². The van der Waals surface area contributed by atoms with Crippen LogP contribution in [0.25, 0.3) is 11.3 Å². The van der Waals surface area contributed by atoms with Crippen LogP contribution in [0.2, 0.25) is 0 Å². The molecule has 0 spiro atoms. The van der Waals surface area contributed by atoms with Crippen LogP contribution in [0.5, 0.6) is 0 Å². The van der Waals surface area contributed by atoms with E-state index in [1.165, 1.54) is 0 Å². The van der Waals surface area contributed by atoms with Gasteiger partial charge in [0.25, 0.3) is 5.91 Å². The van der Waals surface area contributed by atoms with Crippen LogP contribution in [0.15, 0.2) is 24.3 Å². The Labute approximate surface area is 155 Å². The van der Waals surface area contributed by atoms with Gasteiger partial charge in [0, 0.05) is 36.6 Å². The van der Waals surface area contributed by atoms with Crippen LogP contribution in [-0.4, -0.2) is 35.6 Å². The van der Waals surface area contributed by atoms with Crippen molar-refractivity contribution in [3.05, 3.63) is 46.9 Å². The summed E-state index contributed by atoms with van der Waals surface area (Å²) in [5, 5.41) is 3.05. The SMILES string of the molecule is CCc1c(C)nc(C)nc1-c1ccc(C(=O)NCC2CCOCC2)cc1. The van der Waals surface area contributed by atoms with Crippen molar-refractivity contribution in [2.24, 2.45) is 5.92 Å². The molecular weight excluding hydrogens is 326 g/mol. The first-order chi connectivity index (χ1) is 12.6. The number of aromatic nitrogens is 2. The van der Waals surface area contributed by atoms with Crippen LogP contribution in [-0.2, 0) is 11.2 Å². The molecule has 1 amide bonds. The summed E-state index contributed by atoms with van der Waals surface area (Å²) in [5.74, 6) is 1.27. The fraction of sp³-hybridized carbons (Fsp3) is 0.476. The molecule has 138 valence electrons. The summed E-state index contributed by atoms with van der Waals surface area (Å²) < 4.78 is 5.36. The monoisotopic (exact) mass is 353 g/mol. The second-order valence-corrected chi connectivity index (χ2v) is 6.88. The van der Waals surface area contributed by atoms with Crippen LogP contribution < -0.4 is 5.32 Å². The molecule has 26 heavy (non-hydrogen) atoms. The predicted octanol–water partition coefficient (Wildman–Crippen LogP) is 3.48. The maximum atomic E-state index is 12.4. The molecule has 0 atom stereocenters. The minimum absolute atomic E-state index is 0.0196. The zero-order valence-corrected chi connectivity index (χ0v) is 15.8. The van der Waals surface area contributed by atoms with Crippen molar-refractivity contribution in [3.63, 3.8) is 0 Å². The Morgan fingerprint density at radius 1 is 1.15 bits per heavy atom. The number of carbonyl (C=O) groups is 1. The highest BCUT2D eigenvalue weighted by Gasteiger charge is 2.16. The minimum Gasteiger partial charge on any atom is -0.381 e. The van der Waals surface area contributed by atoms with E-state index in [4.69, 9.17) is 4.74 Å². The normalized spacial score (nSPS) is 15.0. The zero-order valence-electron chi connectivity index (χ0n) is 15.8. The number of benzene rings is 1. The highest BCUT2D eigenvalue weighted by atomic mass is 16.5. The Morgan fingerprint density at radius 3 is 2.50 bits per heavy atom. The van der Waals surface area contributed by atoms with Gasteiger partial charge in [0.1, 0.15) is 5.82 Å². The lowest BCUT2D eigenvalue weighted by Crippen LogP contribution is -2.32. The van der Waals surface area contributed by atoms with Gasteiger partial charge in [0.2, 0.25) is 0 Å². The van der Waals surface area contributed by atoms with Crippen molar-refractivity contribution < 1.29 is 9.53 Å². The molecular formula is C21H27N3O2. The standard InChI is InChI=1S/C21H27N3O2/c1-4-19-14(2)23-15(3)24-20(19)17-5-7-18(8-6-17)21(25)22-13-16-9-11-26-12-10-16/h5-8,16H,4,9-13H2,1-3H3,(H,22,25). The number of nitrogens with zero attached hydrogens (tertiary/aromatic N) is 2. The van der Waals surface area contributed by atoms with E-state index in [0.717, 1.165) is 60.8 Å². The first-order valence-electron chi connectivity index (χ1n) is 9.39. The third kappa shape index (κ3) is 4.28. The Balaban J connectivity index is 1.71. The molecule has 5 nitrogen and oxygen atoms in total. The molecule has 2 aromatic rings. The summed E-state index contributed by atoms with van der Waals surface area (Å²) in [7, 11) is 0. The Hall–Kier alpha value is -2.27. The Morgan fingerprint density at radius 2 is 1.85 bits per heavy atom. The van der Waals surface area contributed by atoms with Crippen molar-refractivity contribution in [1.29, 1.82) is 0 Å². The van der Waals surface area contributed by atoms with E-state index >= 15 is 0 Å². The quantitative estimate of drug-likeness (QED) is 0.894. The highest BCUT2D eigenvalue weighted by molar-refractivity contribution is 5.94. The van der Waals surface area contributed by atoms with Gasteiger partial charge in [-0.2, -0.15) is 0 Å². The van der Waals surface area contributed by atoms with Crippen LogP contribution in [0.1, 0.15) is 47.2 Å². The van der Waals surface area contributed by atoms with Crippen molar-refractivity contribution in [3.8, 4) is 11.3 Å². The van der Waals surface area contributed by atoms with Crippen molar-refractivity contribution in [2.45, 2.75) is 40.0 Å². The maximum Gasteiger partial charge on any atom is 0.251 e. The average Bonchev–Trinajstić information content (AvgIpc) is 2.66. The first-order valence-corrected chi connectivity index (χ1v) is 9.39. The van der Waals surface area contributed by atoms with E-state index in [0.29, 0.717) is 18.0 Å². The van der Waals surface area contributed by atoms with Gasteiger partial charge in [-0.25, -0.2) is 9.97 Å². The number of aryl methyl sites for hydroxylation is 2. The van der Waals surface area contributed by atoms with Gasteiger partial charge in [-0.3, -0.25) is 4.79 Å². The van der Waals surface area contributed by atoms with Crippen molar-refractivity contribution >= 4 is 5.91 Å². The molecule has 1 aromatic heterocycles. The summed E-state index contributed by atoms with van der Waals surface area (Å²) in [5.41, 5.74) is 4.85. The van der Waals surface area contributed by atoms with E-state index in [1.807, 2.05) is 38.1 Å². The maximum absolute atomic E-state index is 12.4. The summed E-state index contributed by atoms with van der Waals surface area (Å²) in [6.45, 7) is 8.36. The van der Waals surface area contributed by atoms with E-state index < -0.39 is 0 Å². The molecule has 1 N–H and O–H groups in total.